The van der Waals surface area contributed by atoms with Gasteiger partial charge in [-0.1, -0.05) is 23.8 Å². The number of fused-ring (bicyclic) bond motifs is 1. The Hall–Kier alpha value is -1.44. The van der Waals surface area contributed by atoms with Crippen molar-refractivity contribution in [2.75, 3.05) is 0 Å². The topological polar surface area (TPSA) is 52.5 Å². The smallest absolute Gasteiger partial charge is 0.123 e. The molecule has 2 aromatic heterocycles. The fraction of sp³-hybridized carbons (Fsp3) is 0.100. The first-order valence-electron chi connectivity index (χ1n) is 4.21. The number of aromatic amines is 1. The summed E-state index contributed by atoms with van der Waals surface area (Å²) in [5.41, 5.74) is 1.90. The van der Waals surface area contributed by atoms with Crippen LogP contribution in [0, 0.1) is 22.9 Å². The van der Waals surface area contributed by atoms with E-state index in [0.29, 0.717) is 15.2 Å². The van der Waals surface area contributed by atoms with Gasteiger partial charge in [0.2, 0.25) is 0 Å². The lowest BCUT2D eigenvalue weighted by molar-refractivity contribution is 1.20. The molecule has 15 heavy (non-hydrogen) atoms. The Morgan fingerprint density at radius 3 is 3.00 bits per heavy atom. The third-order valence-electron chi connectivity index (χ3n) is 2.08. The maximum Gasteiger partial charge on any atom is 0.123 e. The van der Waals surface area contributed by atoms with Gasteiger partial charge in [-0.3, -0.25) is 4.98 Å². The van der Waals surface area contributed by atoms with Gasteiger partial charge in [0.15, 0.2) is 0 Å². The largest absolute Gasteiger partial charge is 0.344 e. The van der Waals surface area contributed by atoms with Gasteiger partial charge in [0.1, 0.15) is 16.3 Å². The summed E-state index contributed by atoms with van der Waals surface area (Å²) < 4.78 is 0.348. The van der Waals surface area contributed by atoms with E-state index in [-0.39, 0.29) is 0 Å². The third-order valence-corrected chi connectivity index (χ3v) is 2.78. The van der Waals surface area contributed by atoms with Crippen LogP contribution in [0.1, 0.15) is 11.3 Å². The molecule has 2 aromatic rings. The summed E-state index contributed by atoms with van der Waals surface area (Å²) in [5.74, 6) is 0. The predicted octanol–water partition coefficient (Wildman–Crippen LogP) is 3.13. The van der Waals surface area contributed by atoms with Gasteiger partial charge in [-0.2, -0.15) is 5.26 Å². The Balaban J connectivity index is 3.00. The Labute approximate surface area is 96.3 Å². The molecule has 0 bridgehead atoms. The molecule has 3 nitrogen and oxygen atoms in total. The summed E-state index contributed by atoms with van der Waals surface area (Å²) in [4.78, 5) is 7.05. The van der Waals surface area contributed by atoms with Crippen LogP contribution < -0.4 is 0 Å². The van der Waals surface area contributed by atoms with Crippen LogP contribution in [-0.4, -0.2) is 9.97 Å². The number of rotatable bonds is 0. The van der Waals surface area contributed by atoms with Gasteiger partial charge in [-0.15, -0.1) is 0 Å². The number of aromatic nitrogens is 2. The minimum Gasteiger partial charge on any atom is -0.344 e. The van der Waals surface area contributed by atoms with E-state index in [4.69, 9.17) is 29.1 Å². The molecule has 5 heteroatoms. The lowest BCUT2D eigenvalue weighted by atomic mass is 10.2. The number of H-pyrrole nitrogens is 1. The van der Waals surface area contributed by atoms with Crippen LogP contribution in [0.25, 0.3) is 10.9 Å². The van der Waals surface area contributed by atoms with Crippen molar-refractivity contribution in [2.24, 2.45) is 0 Å². The zero-order chi connectivity index (χ0) is 11.0. The molecule has 1 N–H and O–H groups in total. The highest BCUT2D eigenvalue weighted by Gasteiger charge is 2.08. The molecular weight excluding hydrogens is 230 g/mol. The second kappa shape index (κ2) is 3.61. The SMILES string of the molecule is Cc1cc2c(Cl)c(C#N)c(=S)[nH]c2cn1. The van der Waals surface area contributed by atoms with E-state index in [1.165, 1.54) is 0 Å². The van der Waals surface area contributed by atoms with Gasteiger partial charge in [-0.25, -0.2) is 0 Å². The standard InChI is InChI=1S/C10H6ClN3S/c1-5-2-6-8(4-13-5)14-10(15)7(3-12)9(6)11/h2,4H,1H3,(H,14,15). The Morgan fingerprint density at radius 1 is 1.60 bits per heavy atom. The maximum absolute atomic E-state index is 8.89. The summed E-state index contributed by atoms with van der Waals surface area (Å²) in [7, 11) is 0. The number of pyridine rings is 2. The number of nitrogens with zero attached hydrogens (tertiary/aromatic N) is 2. The van der Waals surface area contributed by atoms with Gasteiger partial charge in [-0.05, 0) is 13.0 Å². The average Bonchev–Trinajstić information content (AvgIpc) is 2.20. The molecule has 0 atom stereocenters. The van der Waals surface area contributed by atoms with Crippen molar-refractivity contribution in [1.82, 2.24) is 9.97 Å². The number of nitriles is 1. The number of aryl methyl sites for hydroxylation is 1. The fourth-order valence-corrected chi connectivity index (χ4v) is 1.97. The van der Waals surface area contributed by atoms with Crippen LogP contribution >= 0.6 is 23.8 Å². The van der Waals surface area contributed by atoms with E-state index in [2.05, 4.69) is 9.97 Å². The van der Waals surface area contributed by atoms with Crippen LogP contribution in [0.4, 0.5) is 0 Å². The number of hydrogen-bond donors (Lipinski definition) is 1. The summed E-state index contributed by atoms with van der Waals surface area (Å²) >= 11 is 11.1. The Bertz CT molecular complexity index is 639. The Morgan fingerprint density at radius 2 is 2.33 bits per heavy atom. The fourth-order valence-electron chi connectivity index (χ4n) is 1.36. The highest BCUT2D eigenvalue weighted by atomic mass is 35.5. The molecule has 0 aliphatic rings. The van der Waals surface area contributed by atoms with Crippen molar-refractivity contribution in [3.8, 4) is 6.07 Å². The molecule has 0 saturated carbocycles. The second-order valence-electron chi connectivity index (χ2n) is 3.13. The van der Waals surface area contributed by atoms with E-state index in [1.54, 1.807) is 6.20 Å². The van der Waals surface area contributed by atoms with Crippen LogP contribution in [0.3, 0.4) is 0 Å². The third kappa shape index (κ3) is 1.60. The van der Waals surface area contributed by atoms with Gasteiger partial charge in [0, 0.05) is 11.1 Å². The molecule has 0 spiro atoms. The molecule has 0 amide bonds. The van der Waals surface area contributed by atoms with Gasteiger partial charge in [0.05, 0.1) is 16.7 Å². The molecule has 2 rings (SSSR count). The van der Waals surface area contributed by atoms with Gasteiger partial charge >= 0.3 is 0 Å². The van der Waals surface area contributed by atoms with E-state index >= 15 is 0 Å². The number of hydrogen-bond acceptors (Lipinski definition) is 3. The lowest BCUT2D eigenvalue weighted by Crippen LogP contribution is -1.90. The normalized spacial score (nSPS) is 10.2. The summed E-state index contributed by atoms with van der Waals surface area (Å²) in [6.07, 6.45) is 1.66. The summed E-state index contributed by atoms with van der Waals surface area (Å²) in [6, 6.07) is 3.81. The number of halogens is 1. The molecule has 0 radical (unpaired) electrons. The monoisotopic (exact) mass is 235 g/mol. The molecule has 2 heterocycles. The van der Waals surface area contributed by atoms with E-state index in [9.17, 15) is 0 Å². The highest BCUT2D eigenvalue weighted by molar-refractivity contribution is 7.71. The molecule has 74 valence electrons. The van der Waals surface area contributed by atoms with Crippen molar-refractivity contribution in [2.45, 2.75) is 6.92 Å². The summed E-state index contributed by atoms with van der Waals surface area (Å²) in [6.45, 7) is 1.86. The van der Waals surface area contributed by atoms with Crippen molar-refractivity contribution in [1.29, 1.82) is 5.26 Å². The molecule has 0 fully saturated rings. The van der Waals surface area contributed by atoms with Gasteiger partial charge in [0.25, 0.3) is 0 Å². The predicted molar refractivity (Wildman–Crippen MR) is 61.4 cm³/mol. The molecule has 0 unspecified atom stereocenters. The molecule has 0 aliphatic heterocycles. The molecular formula is C10H6ClN3S. The molecule has 0 saturated heterocycles. The average molecular weight is 236 g/mol. The first-order valence-corrected chi connectivity index (χ1v) is 5.00. The van der Waals surface area contributed by atoms with Crippen LogP contribution in [-0.2, 0) is 0 Å². The minimum atomic E-state index is 0.310. The minimum absolute atomic E-state index is 0.310. The highest BCUT2D eigenvalue weighted by Crippen LogP contribution is 2.25. The van der Waals surface area contributed by atoms with Crippen molar-refractivity contribution in [3.05, 3.63) is 33.2 Å². The zero-order valence-electron chi connectivity index (χ0n) is 7.84. The second-order valence-corrected chi connectivity index (χ2v) is 3.91. The first kappa shape index (κ1) is 10.1. The zero-order valence-corrected chi connectivity index (χ0v) is 9.41. The van der Waals surface area contributed by atoms with Crippen LogP contribution in [0.15, 0.2) is 12.3 Å². The number of nitrogens with one attached hydrogen (secondary N) is 1. The maximum atomic E-state index is 8.89. The Kier molecular flexibility index (Phi) is 2.43. The van der Waals surface area contributed by atoms with Crippen LogP contribution in [0.2, 0.25) is 5.02 Å². The van der Waals surface area contributed by atoms with Crippen molar-refractivity contribution < 1.29 is 0 Å². The molecule has 0 aromatic carbocycles. The van der Waals surface area contributed by atoms with Gasteiger partial charge < -0.3 is 4.98 Å². The first-order chi connectivity index (χ1) is 7.13. The molecule has 0 aliphatic carbocycles. The quantitative estimate of drug-likeness (QED) is 0.714. The lowest BCUT2D eigenvalue weighted by Gasteiger charge is -2.03. The summed E-state index contributed by atoms with van der Waals surface area (Å²) in [5, 5.41) is 10.1. The van der Waals surface area contributed by atoms with E-state index in [0.717, 1.165) is 16.6 Å². The van der Waals surface area contributed by atoms with E-state index in [1.807, 2.05) is 19.1 Å². The van der Waals surface area contributed by atoms with Crippen molar-refractivity contribution >= 4 is 34.7 Å². The van der Waals surface area contributed by atoms with Crippen LogP contribution in [0.5, 0.6) is 0 Å². The van der Waals surface area contributed by atoms with E-state index < -0.39 is 0 Å². The van der Waals surface area contributed by atoms with Crippen molar-refractivity contribution in [3.63, 3.8) is 0 Å².